The van der Waals surface area contributed by atoms with Crippen LogP contribution in [0.15, 0.2) is 93.2 Å². The Labute approximate surface area is 234 Å². The van der Waals surface area contributed by atoms with Crippen LogP contribution in [0.25, 0.3) is 21.7 Å². The van der Waals surface area contributed by atoms with Crippen molar-refractivity contribution in [2.24, 2.45) is 5.10 Å². The van der Waals surface area contributed by atoms with Gasteiger partial charge in [0.15, 0.2) is 0 Å². The number of ether oxygens (including phenoxy) is 1. The van der Waals surface area contributed by atoms with Gasteiger partial charge in [0, 0.05) is 16.0 Å². The summed E-state index contributed by atoms with van der Waals surface area (Å²) in [4.78, 5) is 18.7. The molecule has 4 aromatic carbocycles. The van der Waals surface area contributed by atoms with Gasteiger partial charge in [0.2, 0.25) is 0 Å². The van der Waals surface area contributed by atoms with E-state index in [-0.39, 0.29) is 23.9 Å². The molecule has 0 unspecified atom stereocenters. The highest BCUT2D eigenvalue weighted by atomic mass is 79.9. The van der Waals surface area contributed by atoms with Crippen molar-refractivity contribution in [2.45, 2.75) is 44.6 Å². The molecule has 0 N–H and O–H groups in total. The monoisotopic (exact) mass is 583 g/mol. The molecule has 1 saturated carbocycles. The number of nitrogens with zero attached hydrogens (tertiary/aromatic N) is 3. The van der Waals surface area contributed by atoms with Gasteiger partial charge >= 0.3 is 0 Å². The second kappa shape index (κ2) is 11.1. The van der Waals surface area contributed by atoms with Crippen LogP contribution in [0, 0.1) is 5.82 Å². The third-order valence-electron chi connectivity index (χ3n) is 7.34. The first-order valence-corrected chi connectivity index (χ1v) is 14.0. The summed E-state index contributed by atoms with van der Waals surface area (Å²) in [6.45, 7) is 0.276. The predicted octanol–water partition coefficient (Wildman–Crippen LogP) is 7.96. The van der Waals surface area contributed by atoms with Gasteiger partial charge in [0.05, 0.1) is 17.1 Å². The minimum atomic E-state index is -0.285. The molecule has 0 atom stereocenters. The average Bonchev–Trinajstić information content (AvgIpc) is 2.97. The van der Waals surface area contributed by atoms with Crippen LogP contribution in [-0.4, -0.2) is 15.9 Å². The number of rotatable bonds is 6. The van der Waals surface area contributed by atoms with Crippen LogP contribution in [0.1, 0.15) is 55.0 Å². The Morgan fingerprint density at radius 1 is 0.974 bits per heavy atom. The van der Waals surface area contributed by atoms with Gasteiger partial charge in [-0.15, -0.1) is 0 Å². The minimum absolute atomic E-state index is 0.179. The number of fused-ring (bicyclic) bond motifs is 2. The van der Waals surface area contributed by atoms with E-state index in [1.54, 1.807) is 24.4 Å². The highest BCUT2D eigenvalue weighted by Gasteiger charge is 2.22. The maximum Gasteiger partial charge on any atom is 0.282 e. The average molecular weight is 584 g/mol. The summed E-state index contributed by atoms with van der Waals surface area (Å²) < 4.78 is 21.9. The Morgan fingerprint density at radius 2 is 1.77 bits per heavy atom. The Balaban J connectivity index is 1.46. The number of halogens is 2. The van der Waals surface area contributed by atoms with Crippen molar-refractivity contribution in [1.29, 1.82) is 0 Å². The molecule has 0 bridgehead atoms. The van der Waals surface area contributed by atoms with Crippen LogP contribution in [0.2, 0.25) is 0 Å². The number of hydrogen-bond donors (Lipinski definition) is 0. The first-order chi connectivity index (χ1) is 19.1. The van der Waals surface area contributed by atoms with Crippen LogP contribution < -0.4 is 10.3 Å². The molecule has 1 heterocycles. The van der Waals surface area contributed by atoms with E-state index in [1.165, 1.54) is 23.2 Å². The van der Waals surface area contributed by atoms with Gasteiger partial charge in [-0.1, -0.05) is 77.7 Å². The first kappa shape index (κ1) is 25.4. The lowest BCUT2D eigenvalue weighted by Gasteiger charge is -2.23. The fraction of sp³-hybridized carbons (Fsp3) is 0.219. The van der Waals surface area contributed by atoms with Crippen LogP contribution in [-0.2, 0) is 6.61 Å². The van der Waals surface area contributed by atoms with E-state index >= 15 is 0 Å². The van der Waals surface area contributed by atoms with Crippen molar-refractivity contribution in [2.75, 3.05) is 0 Å². The molecule has 6 rings (SSSR count). The Hall–Kier alpha value is -3.84. The standard InChI is InChI=1S/C32H27BrFN3O2/c33-24-13-16-29-27(18-24)32(38)37(31(36-29)23-7-2-1-3-8-23)35-19-28-26-9-5-4-6-22(26)12-17-30(28)39-20-21-10-14-25(34)15-11-21/h4-6,9-19,23H,1-3,7-8,20H2. The van der Waals surface area contributed by atoms with Crippen molar-refractivity contribution in [1.82, 2.24) is 9.66 Å². The van der Waals surface area contributed by atoms with E-state index in [1.807, 2.05) is 48.5 Å². The smallest absolute Gasteiger partial charge is 0.282 e. The number of aromatic nitrogens is 2. The topological polar surface area (TPSA) is 56.5 Å². The Bertz CT molecular complexity index is 1740. The SMILES string of the molecule is O=c1c2cc(Br)ccc2nc(C2CCCCC2)n1N=Cc1c(OCc2ccc(F)cc2)ccc2ccccc12. The summed E-state index contributed by atoms with van der Waals surface area (Å²) in [6.07, 6.45) is 7.13. The third kappa shape index (κ3) is 5.36. The molecule has 5 nitrogen and oxygen atoms in total. The molecule has 0 aliphatic heterocycles. The predicted molar refractivity (Wildman–Crippen MR) is 157 cm³/mol. The first-order valence-electron chi connectivity index (χ1n) is 13.2. The zero-order chi connectivity index (χ0) is 26.8. The fourth-order valence-electron chi connectivity index (χ4n) is 5.29. The van der Waals surface area contributed by atoms with Gasteiger partial charge < -0.3 is 4.74 Å². The summed E-state index contributed by atoms with van der Waals surface area (Å²) in [7, 11) is 0. The van der Waals surface area contributed by atoms with Crippen LogP contribution in [0.5, 0.6) is 5.75 Å². The summed E-state index contributed by atoms with van der Waals surface area (Å²) >= 11 is 3.49. The lowest BCUT2D eigenvalue weighted by atomic mass is 9.88. The Kier molecular flexibility index (Phi) is 7.24. The molecule has 0 spiro atoms. The molecule has 39 heavy (non-hydrogen) atoms. The molecule has 1 aliphatic rings. The summed E-state index contributed by atoms with van der Waals surface area (Å²) in [5.74, 6) is 1.23. The van der Waals surface area contributed by atoms with Crippen molar-refractivity contribution in [3.05, 3.63) is 116 Å². The highest BCUT2D eigenvalue weighted by molar-refractivity contribution is 9.10. The maximum atomic E-state index is 13.8. The van der Waals surface area contributed by atoms with Gasteiger partial charge in [0.25, 0.3) is 5.56 Å². The number of benzene rings is 4. The van der Waals surface area contributed by atoms with E-state index in [0.717, 1.165) is 52.1 Å². The molecule has 0 radical (unpaired) electrons. The second-order valence-electron chi connectivity index (χ2n) is 9.94. The van der Waals surface area contributed by atoms with E-state index in [0.29, 0.717) is 22.5 Å². The van der Waals surface area contributed by atoms with Gasteiger partial charge in [0.1, 0.15) is 24.0 Å². The minimum Gasteiger partial charge on any atom is -0.488 e. The summed E-state index contributed by atoms with van der Waals surface area (Å²) in [5.41, 5.74) is 2.12. The zero-order valence-corrected chi connectivity index (χ0v) is 22.9. The molecule has 5 aromatic rings. The molecular formula is C32H27BrFN3O2. The van der Waals surface area contributed by atoms with E-state index in [2.05, 4.69) is 15.9 Å². The van der Waals surface area contributed by atoms with Crippen molar-refractivity contribution < 1.29 is 9.13 Å². The molecule has 1 aliphatic carbocycles. The van der Waals surface area contributed by atoms with Gasteiger partial charge in [-0.05, 0) is 65.6 Å². The maximum absolute atomic E-state index is 13.8. The fourth-order valence-corrected chi connectivity index (χ4v) is 5.66. The van der Waals surface area contributed by atoms with Crippen LogP contribution >= 0.6 is 15.9 Å². The summed E-state index contributed by atoms with van der Waals surface area (Å²) in [5, 5.41) is 7.30. The van der Waals surface area contributed by atoms with Gasteiger partial charge in [-0.2, -0.15) is 9.78 Å². The Morgan fingerprint density at radius 3 is 2.59 bits per heavy atom. The lowest BCUT2D eigenvalue weighted by Crippen LogP contribution is -2.25. The van der Waals surface area contributed by atoms with Crippen LogP contribution in [0.3, 0.4) is 0 Å². The van der Waals surface area contributed by atoms with Crippen LogP contribution in [0.4, 0.5) is 4.39 Å². The molecule has 7 heteroatoms. The molecule has 0 amide bonds. The highest BCUT2D eigenvalue weighted by Crippen LogP contribution is 2.32. The molecular weight excluding hydrogens is 557 g/mol. The van der Waals surface area contributed by atoms with E-state index in [4.69, 9.17) is 14.8 Å². The summed E-state index contributed by atoms with van der Waals surface area (Å²) in [6, 6.07) is 23.8. The lowest BCUT2D eigenvalue weighted by molar-refractivity contribution is 0.306. The van der Waals surface area contributed by atoms with E-state index in [9.17, 15) is 9.18 Å². The van der Waals surface area contributed by atoms with Crippen molar-refractivity contribution >= 4 is 43.8 Å². The van der Waals surface area contributed by atoms with Gasteiger partial charge in [-0.3, -0.25) is 4.79 Å². The molecule has 1 fully saturated rings. The molecule has 196 valence electrons. The molecule has 0 saturated heterocycles. The normalized spacial score (nSPS) is 14.4. The van der Waals surface area contributed by atoms with E-state index < -0.39 is 0 Å². The third-order valence-corrected chi connectivity index (χ3v) is 7.84. The van der Waals surface area contributed by atoms with Crippen molar-refractivity contribution in [3.8, 4) is 5.75 Å². The largest absolute Gasteiger partial charge is 0.488 e. The zero-order valence-electron chi connectivity index (χ0n) is 21.3. The molecule has 1 aromatic heterocycles. The van der Waals surface area contributed by atoms with Gasteiger partial charge in [-0.25, -0.2) is 9.37 Å². The van der Waals surface area contributed by atoms with Crippen molar-refractivity contribution in [3.63, 3.8) is 0 Å². The second-order valence-corrected chi connectivity index (χ2v) is 10.9. The number of hydrogen-bond acceptors (Lipinski definition) is 4. The quantitative estimate of drug-likeness (QED) is 0.190.